The smallest absolute Gasteiger partial charge is 0.257 e. The van der Waals surface area contributed by atoms with Crippen LogP contribution in [0.5, 0.6) is 0 Å². The first-order chi connectivity index (χ1) is 13.9. The lowest BCUT2D eigenvalue weighted by molar-refractivity contribution is 0.519. The molecule has 3 aromatic carbocycles. The van der Waals surface area contributed by atoms with Crippen molar-refractivity contribution < 1.29 is 12.8 Å². The number of nitrogens with zero attached hydrogens (tertiary/aromatic N) is 2. The molecule has 4 nitrogen and oxygen atoms in total. The zero-order valence-corrected chi connectivity index (χ0v) is 17.2. The molecule has 29 heavy (non-hydrogen) atoms. The Kier molecular flexibility index (Phi) is 5.15. The number of halogens is 2. The molecule has 0 saturated carbocycles. The van der Waals surface area contributed by atoms with Gasteiger partial charge in [0.25, 0.3) is 10.0 Å². The van der Waals surface area contributed by atoms with E-state index in [4.69, 9.17) is 11.6 Å². The Bertz CT molecular complexity index is 1180. The second-order valence-electron chi connectivity index (χ2n) is 6.85. The number of hydrogen-bond acceptors (Lipinski definition) is 3. The third-order valence-electron chi connectivity index (χ3n) is 4.83. The average Bonchev–Trinajstić information content (AvgIpc) is 3.15. The first kappa shape index (κ1) is 19.6. The molecule has 148 valence electrons. The molecule has 0 N–H and O–H groups in total. The van der Waals surface area contributed by atoms with E-state index in [1.807, 2.05) is 6.92 Å². The highest BCUT2D eigenvalue weighted by Crippen LogP contribution is 2.32. The molecular weight excluding hydrogens is 411 g/mol. The number of amidine groups is 1. The van der Waals surface area contributed by atoms with Crippen LogP contribution in [0.1, 0.15) is 22.7 Å². The first-order valence-electron chi connectivity index (χ1n) is 9.04. The van der Waals surface area contributed by atoms with Gasteiger partial charge < -0.3 is 0 Å². The van der Waals surface area contributed by atoms with Gasteiger partial charge in [0.1, 0.15) is 11.7 Å². The lowest BCUT2D eigenvalue weighted by atomic mass is 10.1. The van der Waals surface area contributed by atoms with Gasteiger partial charge in [-0.1, -0.05) is 53.6 Å². The molecule has 3 aromatic rings. The van der Waals surface area contributed by atoms with Crippen LogP contribution in [0.25, 0.3) is 0 Å². The normalized spacial score (nSPS) is 16.7. The minimum absolute atomic E-state index is 0.0848. The Morgan fingerprint density at radius 3 is 2.31 bits per heavy atom. The zero-order valence-electron chi connectivity index (χ0n) is 15.6. The Hall–Kier alpha value is -2.70. The molecule has 0 radical (unpaired) electrons. The Morgan fingerprint density at radius 1 is 1.00 bits per heavy atom. The maximum atomic E-state index is 14.5. The fraction of sp³-hybridized carbons (Fsp3) is 0.136. The summed E-state index contributed by atoms with van der Waals surface area (Å²) in [5, 5.41) is 0.578. The predicted octanol–water partition coefficient (Wildman–Crippen LogP) is 4.98. The van der Waals surface area contributed by atoms with Gasteiger partial charge in [-0.25, -0.2) is 17.1 Å². The summed E-state index contributed by atoms with van der Waals surface area (Å²) >= 11 is 5.97. The van der Waals surface area contributed by atoms with Gasteiger partial charge in [0.15, 0.2) is 0 Å². The van der Waals surface area contributed by atoms with Crippen molar-refractivity contribution in [2.45, 2.75) is 17.9 Å². The van der Waals surface area contributed by atoms with Crippen LogP contribution in [0.4, 0.5) is 4.39 Å². The fourth-order valence-electron chi connectivity index (χ4n) is 3.26. The van der Waals surface area contributed by atoms with Crippen molar-refractivity contribution in [3.63, 3.8) is 0 Å². The topological polar surface area (TPSA) is 49.7 Å². The summed E-state index contributed by atoms with van der Waals surface area (Å²) in [5.41, 5.74) is 1.91. The number of benzene rings is 3. The van der Waals surface area contributed by atoms with Crippen molar-refractivity contribution in [3.8, 4) is 0 Å². The fourth-order valence-corrected chi connectivity index (χ4v) is 4.83. The second-order valence-corrected chi connectivity index (χ2v) is 9.15. The van der Waals surface area contributed by atoms with Gasteiger partial charge in [-0.15, -0.1) is 0 Å². The van der Waals surface area contributed by atoms with Crippen LogP contribution in [-0.4, -0.2) is 25.1 Å². The summed E-state index contributed by atoms with van der Waals surface area (Å²) in [6.45, 7) is 1.97. The van der Waals surface area contributed by atoms with E-state index in [1.165, 1.54) is 16.4 Å². The molecule has 1 unspecified atom stereocenters. The Morgan fingerprint density at radius 2 is 1.66 bits per heavy atom. The van der Waals surface area contributed by atoms with Crippen molar-refractivity contribution in [2.24, 2.45) is 4.99 Å². The van der Waals surface area contributed by atoms with Crippen molar-refractivity contribution in [1.82, 2.24) is 4.31 Å². The molecular formula is C22H18ClFN2O2S. The minimum atomic E-state index is -3.91. The molecule has 0 spiro atoms. The van der Waals surface area contributed by atoms with Gasteiger partial charge in [-0.2, -0.15) is 0 Å². The Labute approximate surface area is 174 Å². The number of aliphatic imine (C=N–C) groups is 1. The van der Waals surface area contributed by atoms with Gasteiger partial charge in [0.05, 0.1) is 23.0 Å². The molecule has 1 aliphatic rings. The standard InChI is InChI=1S/C22H18ClFN2O2S/c1-15-6-12-18(13-7-15)29(27,28)26-14-21(16-8-10-17(23)11-9-16)25-22(26)19-4-2-3-5-20(19)24/h2-13,21H,14H2,1H3. The van der Waals surface area contributed by atoms with E-state index in [1.54, 1.807) is 60.7 Å². The average molecular weight is 429 g/mol. The Balaban J connectivity index is 1.81. The molecule has 1 atom stereocenters. The summed E-state index contributed by atoms with van der Waals surface area (Å²) in [4.78, 5) is 4.73. The van der Waals surface area contributed by atoms with Crippen LogP contribution < -0.4 is 0 Å². The van der Waals surface area contributed by atoms with E-state index in [0.717, 1.165) is 11.1 Å². The summed E-state index contributed by atoms with van der Waals surface area (Å²) in [5.74, 6) is -0.421. The van der Waals surface area contributed by atoms with E-state index in [2.05, 4.69) is 4.99 Å². The first-order valence-corrected chi connectivity index (χ1v) is 10.9. The van der Waals surface area contributed by atoms with Crippen LogP contribution in [0.15, 0.2) is 82.7 Å². The van der Waals surface area contributed by atoms with Crippen LogP contribution >= 0.6 is 11.6 Å². The molecule has 1 aliphatic heterocycles. The monoisotopic (exact) mass is 428 g/mol. The molecule has 0 bridgehead atoms. The minimum Gasteiger partial charge on any atom is -0.257 e. The molecule has 0 amide bonds. The summed E-state index contributed by atoms with van der Waals surface area (Å²) in [6, 6.07) is 19.2. The van der Waals surface area contributed by atoms with Crippen molar-refractivity contribution in [2.75, 3.05) is 6.54 Å². The maximum Gasteiger partial charge on any atom is 0.265 e. The third-order valence-corrected chi connectivity index (χ3v) is 6.85. The second kappa shape index (κ2) is 7.61. The summed E-state index contributed by atoms with van der Waals surface area (Å²) in [6.07, 6.45) is 0. The number of aryl methyl sites for hydroxylation is 1. The van der Waals surface area contributed by atoms with E-state index in [9.17, 15) is 12.8 Å². The van der Waals surface area contributed by atoms with E-state index < -0.39 is 21.9 Å². The number of sulfonamides is 1. The van der Waals surface area contributed by atoms with Crippen molar-refractivity contribution in [1.29, 1.82) is 0 Å². The van der Waals surface area contributed by atoms with E-state index in [0.29, 0.717) is 5.02 Å². The quantitative estimate of drug-likeness (QED) is 0.588. The van der Waals surface area contributed by atoms with E-state index in [-0.39, 0.29) is 22.8 Å². The van der Waals surface area contributed by atoms with E-state index >= 15 is 0 Å². The van der Waals surface area contributed by atoms with Gasteiger partial charge in [0.2, 0.25) is 0 Å². The molecule has 0 aliphatic carbocycles. The van der Waals surface area contributed by atoms with Crippen molar-refractivity contribution in [3.05, 3.63) is 100 Å². The van der Waals surface area contributed by atoms with Gasteiger partial charge in [-0.3, -0.25) is 4.99 Å². The SMILES string of the molecule is Cc1ccc(S(=O)(=O)N2CC(c3ccc(Cl)cc3)N=C2c2ccccc2F)cc1. The van der Waals surface area contributed by atoms with Gasteiger partial charge in [0, 0.05) is 5.02 Å². The largest absolute Gasteiger partial charge is 0.265 e. The zero-order chi connectivity index (χ0) is 20.6. The van der Waals surface area contributed by atoms with Crippen LogP contribution in [0.2, 0.25) is 5.02 Å². The molecule has 0 fully saturated rings. The van der Waals surface area contributed by atoms with Crippen molar-refractivity contribution >= 4 is 27.5 Å². The van der Waals surface area contributed by atoms with Crippen LogP contribution in [0, 0.1) is 12.7 Å². The summed E-state index contributed by atoms with van der Waals surface area (Å²) < 4.78 is 42.5. The maximum absolute atomic E-state index is 14.5. The number of hydrogen-bond donors (Lipinski definition) is 0. The van der Waals surface area contributed by atoms with Crippen LogP contribution in [0.3, 0.4) is 0 Å². The lowest BCUT2D eigenvalue weighted by Crippen LogP contribution is -2.35. The molecule has 1 heterocycles. The number of rotatable bonds is 4. The third kappa shape index (κ3) is 3.78. The summed E-state index contributed by atoms with van der Waals surface area (Å²) in [7, 11) is -3.91. The lowest BCUT2D eigenvalue weighted by Gasteiger charge is -2.21. The predicted molar refractivity (Wildman–Crippen MR) is 112 cm³/mol. The molecule has 7 heteroatoms. The molecule has 0 saturated heterocycles. The molecule has 0 aromatic heterocycles. The molecule has 4 rings (SSSR count). The van der Waals surface area contributed by atoms with Gasteiger partial charge >= 0.3 is 0 Å². The highest BCUT2D eigenvalue weighted by atomic mass is 35.5. The van der Waals surface area contributed by atoms with Gasteiger partial charge in [-0.05, 0) is 48.9 Å². The highest BCUT2D eigenvalue weighted by Gasteiger charge is 2.37. The van der Waals surface area contributed by atoms with Crippen LogP contribution in [-0.2, 0) is 10.0 Å². The highest BCUT2D eigenvalue weighted by molar-refractivity contribution is 7.89.